The van der Waals surface area contributed by atoms with Gasteiger partial charge in [0.15, 0.2) is 0 Å². The van der Waals surface area contributed by atoms with E-state index in [4.69, 9.17) is 9.84 Å². The molecule has 0 aliphatic rings. The number of benzene rings is 4. The zero-order valence-electron chi connectivity index (χ0n) is 21.2. The summed E-state index contributed by atoms with van der Waals surface area (Å²) in [6, 6.07) is 32.0. The van der Waals surface area contributed by atoms with Crippen LogP contribution >= 0.6 is 0 Å². The number of ether oxygens (including phenoxy) is 1. The van der Waals surface area contributed by atoms with Crippen molar-refractivity contribution in [2.45, 2.75) is 6.61 Å². The van der Waals surface area contributed by atoms with Crippen LogP contribution in [0.25, 0.3) is 16.9 Å². The maximum absolute atomic E-state index is 13.1. The molecule has 5 rings (SSSR count). The third-order valence-electron chi connectivity index (χ3n) is 5.82. The maximum atomic E-state index is 13.1. The molecule has 0 radical (unpaired) electrons. The number of nitrogens with zero attached hydrogens (tertiary/aromatic N) is 3. The van der Waals surface area contributed by atoms with Crippen molar-refractivity contribution in [3.63, 3.8) is 0 Å². The zero-order valence-corrected chi connectivity index (χ0v) is 21.2. The molecule has 4 aromatic carbocycles. The molecule has 0 atom stereocenters. The monoisotopic (exact) mass is 533 g/mol. The predicted octanol–water partition coefficient (Wildman–Crippen LogP) is 5.35. The van der Waals surface area contributed by atoms with Crippen molar-refractivity contribution in [3.05, 3.63) is 132 Å². The third kappa shape index (κ3) is 6.65. The highest BCUT2D eigenvalue weighted by Crippen LogP contribution is 2.25. The number of rotatable bonds is 8. The lowest BCUT2D eigenvalue weighted by Crippen LogP contribution is -2.32. The lowest BCUT2D eigenvalue weighted by Gasteiger charge is -2.07. The fraction of sp³-hybridized carbons (Fsp3) is 0.0323. The Morgan fingerprint density at radius 2 is 1.52 bits per heavy atom. The summed E-state index contributed by atoms with van der Waals surface area (Å²) in [5, 5.41) is 11.1. The quantitative estimate of drug-likeness (QED) is 0.160. The Balaban J connectivity index is 1.31. The van der Waals surface area contributed by atoms with E-state index >= 15 is 0 Å². The number of amides is 2. The van der Waals surface area contributed by atoms with E-state index in [-0.39, 0.29) is 5.69 Å². The second-order valence-electron chi connectivity index (χ2n) is 8.67. The van der Waals surface area contributed by atoms with E-state index in [0.29, 0.717) is 23.6 Å². The van der Waals surface area contributed by atoms with Crippen LogP contribution in [0.2, 0.25) is 0 Å². The average Bonchev–Trinajstić information content (AvgIpc) is 3.42. The van der Waals surface area contributed by atoms with E-state index in [0.717, 1.165) is 16.8 Å². The molecule has 0 aliphatic carbocycles. The van der Waals surface area contributed by atoms with E-state index in [2.05, 4.69) is 15.8 Å². The Labute approximate surface area is 229 Å². The molecule has 0 saturated heterocycles. The van der Waals surface area contributed by atoms with E-state index in [1.807, 2.05) is 84.9 Å². The van der Waals surface area contributed by atoms with Gasteiger partial charge in [-0.05, 0) is 66.2 Å². The predicted molar refractivity (Wildman–Crippen MR) is 151 cm³/mol. The fourth-order valence-corrected chi connectivity index (χ4v) is 3.80. The van der Waals surface area contributed by atoms with Gasteiger partial charge in [0, 0.05) is 23.0 Å². The van der Waals surface area contributed by atoms with Gasteiger partial charge in [-0.3, -0.25) is 9.59 Å². The van der Waals surface area contributed by atoms with Crippen molar-refractivity contribution in [2.24, 2.45) is 5.10 Å². The molecule has 0 unspecified atom stereocenters. The summed E-state index contributed by atoms with van der Waals surface area (Å²) in [5.41, 5.74) is 6.45. The standard InChI is InChI=1S/C31H24FN5O3/c32-25-13-15-26(16-14-25)34-30(38)31(39)35-33-19-24-20-37(27-9-5-2-6-10-27)36-29(24)23-11-17-28(18-12-23)40-21-22-7-3-1-4-8-22/h1-20H,21H2,(H,34,38)(H,35,39). The first-order valence-corrected chi connectivity index (χ1v) is 12.4. The lowest BCUT2D eigenvalue weighted by molar-refractivity contribution is -0.136. The van der Waals surface area contributed by atoms with Gasteiger partial charge in [-0.1, -0.05) is 48.5 Å². The fourth-order valence-electron chi connectivity index (χ4n) is 3.80. The summed E-state index contributed by atoms with van der Waals surface area (Å²) in [7, 11) is 0. The van der Waals surface area contributed by atoms with Crippen LogP contribution in [0.4, 0.5) is 10.1 Å². The highest BCUT2D eigenvalue weighted by molar-refractivity contribution is 6.39. The number of carbonyl (C=O) groups is 2. The minimum atomic E-state index is -0.975. The Morgan fingerprint density at radius 1 is 0.850 bits per heavy atom. The number of anilines is 1. The molecular formula is C31H24FN5O3. The first-order chi connectivity index (χ1) is 19.5. The van der Waals surface area contributed by atoms with Gasteiger partial charge in [0.2, 0.25) is 0 Å². The first kappa shape index (κ1) is 26.1. The molecule has 0 fully saturated rings. The highest BCUT2D eigenvalue weighted by Gasteiger charge is 2.14. The number of halogens is 1. The van der Waals surface area contributed by atoms with Crippen molar-refractivity contribution in [3.8, 4) is 22.7 Å². The van der Waals surface area contributed by atoms with Crippen LogP contribution in [0.1, 0.15) is 11.1 Å². The molecule has 40 heavy (non-hydrogen) atoms. The number of hydrogen-bond donors (Lipinski definition) is 2. The van der Waals surface area contributed by atoms with E-state index in [1.165, 1.54) is 30.5 Å². The summed E-state index contributed by atoms with van der Waals surface area (Å²) < 4.78 is 20.7. The topological polar surface area (TPSA) is 97.6 Å². The molecule has 9 heteroatoms. The van der Waals surface area contributed by atoms with Crippen LogP contribution in [0.5, 0.6) is 5.75 Å². The number of carbonyl (C=O) groups excluding carboxylic acids is 2. The van der Waals surface area contributed by atoms with Crippen molar-refractivity contribution < 1.29 is 18.7 Å². The molecule has 5 aromatic rings. The lowest BCUT2D eigenvalue weighted by atomic mass is 10.1. The largest absolute Gasteiger partial charge is 0.489 e. The molecule has 0 bridgehead atoms. The maximum Gasteiger partial charge on any atom is 0.329 e. The van der Waals surface area contributed by atoms with Gasteiger partial charge < -0.3 is 10.1 Å². The summed E-state index contributed by atoms with van der Waals surface area (Å²) in [6.07, 6.45) is 3.20. The molecule has 0 aliphatic heterocycles. The van der Waals surface area contributed by atoms with Gasteiger partial charge in [-0.2, -0.15) is 10.2 Å². The minimum Gasteiger partial charge on any atom is -0.489 e. The number of aromatic nitrogens is 2. The summed E-state index contributed by atoms with van der Waals surface area (Å²) in [4.78, 5) is 24.4. The molecule has 8 nitrogen and oxygen atoms in total. The number of hydrazone groups is 1. The molecule has 198 valence electrons. The van der Waals surface area contributed by atoms with Crippen molar-refractivity contribution in [1.82, 2.24) is 15.2 Å². The van der Waals surface area contributed by atoms with Gasteiger partial charge in [-0.15, -0.1) is 0 Å². The molecule has 1 heterocycles. The second kappa shape index (κ2) is 12.3. The normalized spacial score (nSPS) is 10.8. The smallest absolute Gasteiger partial charge is 0.329 e. The first-order valence-electron chi connectivity index (χ1n) is 12.4. The SMILES string of the molecule is O=C(NN=Cc1cn(-c2ccccc2)nc1-c1ccc(OCc2ccccc2)cc1)C(=O)Nc1ccc(F)cc1. The van der Waals surface area contributed by atoms with Crippen molar-refractivity contribution in [1.29, 1.82) is 0 Å². The van der Waals surface area contributed by atoms with E-state index in [9.17, 15) is 14.0 Å². The van der Waals surface area contributed by atoms with Crippen LogP contribution in [0.3, 0.4) is 0 Å². The van der Waals surface area contributed by atoms with E-state index < -0.39 is 17.6 Å². The summed E-state index contributed by atoms with van der Waals surface area (Å²) in [5.74, 6) is -1.65. The Morgan fingerprint density at radius 3 is 2.23 bits per heavy atom. The molecule has 0 spiro atoms. The Hall–Kier alpha value is -5.57. The average molecular weight is 534 g/mol. The second-order valence-corrected chi connectivity index (χ2v) is 8.67. The molecular weight excluding hydrogens is 509 g/mol. The van der Waals surface area contributed by atoms with Crippen LogP contribution in [0, 0.1) is 5.82 Å². The zero-order chi connectivity index (χ0) is 27.7. The van der Waals surface area contributed by atoms with Gasteiger partial charge in [-0.25, -0.2) is 14.5 Å². The number of nitrogens with one attached hydrogen (secondary N) is 2. The van der Waals surface area contributed by atoms with Crippen LogP contribution in [-0.4, -0.2) is 27.8 Å². The van der Waals surface area contributed by atoms with Gasteiger partial charge in [0.1, 0.15) is 23.9 Å². The molecule has 2 N–H and O–H groups in total. The number of hydrogen-bond acceptors (Lipinski definition) is 5. The van der Waals surface area contributed by atoms with Gasteiger partial charge in [0.05, 0.1) is 11.9 Å². The van der Waals surface area contributed by atoms with Crippen molar-refractivity contribution >= 4 is 23.7 Å². The highest BCUT2D eigenvalue weighted by atomic mass is 19.1. The van der Waals surface area contributed by atoms with Crippen LogP contribution in [0.15, 0.2) is 120 Å². The number of para-hydroxylation sites is 1. The Bertz CT molecular complexity index is 1620. The molecule has 2 amide bonds. The summed E-state index contributed by atoms with van der Waals surface area (Å²) >= 11 is 0. The van der Waals surface area contributed by atoms with Gasteiger partial charge >= 0.3 is 11.8 Å². The summed E-state index contributed by atoms with van der Waals surface area (Å²) in [6.45, 7) is 0.454. The Kier molecular flexibility index (Phi) is 8.02. The minimum absolute atomic E-state index is 0.285. The molecule has 0 saturated carbocycles. The van der Waals surface area contributed by atoms with E-state index in [1.54, 1.807) is 10.9 Å². The van der Waals surface area contributed by atoms with Crippen LogP contribution in [-0.2, 0) is 16.2 Å². The third-order valence-corrected chi connectivity index (χ3v) is 5.82. The van der Waals surface area contributed by atoms with Crippen molar-refractivity contribution in [2.75, 3.05) is 5.32 Å². The van der Waals surface area contributed by atoms with Crippen LogP contribution < -0.4 is 15.5 Å². The van der Waals surface area contributed by atoms with Gasteiger partial charge in [0.25, 0.3) is 0 Å². The molecule has 1 aromatic heterocycles.